The molecule has 1 aliphatic carbocycles. The molecule has 0 aromatic rings. The van der Waals surface area contributed by atoms with Crippen molar-refractivity contribution < 1.29 is 4.79 Å². The van der Waals surface area contributed by atoms with Gasteiger partial charge in [0.1, 0.15) is 5.78 Å². The number of ketones is 1. The van der Waals surface area contributed by atoms with Crippen LogP contribution in [0.3, 0.4) is 0 Å². The average molecular weight is 371 g/mol. The molecule has 0 spiro atoms. The summed E-state index contributed by atoms with van der Waals surface area (Å²) in [5.74, 6) is 0.845. The summed E-state index contributed by atoms with van der Waals surface area (Å²) in [6, 6.07) is 1.23. The van der Waals surface area contributed by atoms with Gasteiger partial charge in [0.15, 0.2) is 0 Å². The number of hydrogen-bond donors (Lipinski definition) is 1. The number of alkyl halides is 1. The van der Waals surface area contributed by atoms with E-state index in [1.54, 1.807) is 0 Å². The van der Waals surface area contributed by atoms with Crippen LogP contribution in [0.4, 0.5) is 0 Å². The molecule has 2 aliphatic heterocycles. The van der Waals surface area contributed by atoms with E-state index in [0.717, 1.165) is 25.9 Å². The monoisotopic (exact) mass is 370 g/mol. The lowest BCUT2D eigenvalue weighted by atomic mass is 9.85. The summed E-state index contributed by atoms with van der Waals surface area (Å²) in [5, 5.41) is 3.72. The van der Waals surface area contributed by atoms with Gasteiger partial charge in [-0.3, -0.25) is 9.69 Å². The van der Waals surface area contributed by atoms with Crippen LogP contribution in [0.25, 0.3) is 0 Å². The molecule has 126 valence electrons. The molecular formula is C18H31BrN2O. The van der Waals surface area contributed by atoms with Crippen molar-refractivity contribution in [3.63, 3.8) is 0 Å². The molecule has 2 saturated heterocycles. The van der Waals surface area contributed by atoms with E-state index in [2.05, 4.69) is 26.1 Å². The molecule has 0 aromatic carbocycles. The van der Waals surface area contributed by atoms with Gasteiger partial charge in [0.05, 0.1) is 6.54 Å². The minimum atomic E-state index is 0.329. The molecule has 0 radical (unpaired) electrons. The van der Waals surface area contributed by atoms with E-state index >= 15 is 0 Å². The highest BCUT2D eigenvalue weighted by atomic mass is 79.9. The first-order chi connectivity index (χ1) is 10.7. The zero-order valence-electron chi connectivity index (χ0n) is 13.7. The van der Waals surface area contributed by atoms with Crippen LogP contribution in [-0.4, -0.2) is 47.2 Å². The van der Waals surface area contributed by atoms with Crippen molar-refractivity contribution >= 4 is 21.7 Å². The van der Waals surface area contributed by atoms with E-state index in [9.17, 15) is 4.79 Å². The van der Waals surface area contributed by atoms with Crippen molar-refractivity contribution in [2.45, 2.75) is 81.1 Å². The third-order valence-electron chi connectivity index (χ3n) is 5.95. The van der Waals surface area contributed by atoms with Crippen LogP contribution >= 0.6 is 15.9 Å². The molecule has 2 heterocycles. The Labute approximate surface area is 143 Å². The van der Waals surface area contributed by atoms with Crippen molar-refractivity contribution in [2.75, 3.05) is 19.6 Å². The minimum Gasteiger partial charge on any atom is -0.312 e. The van der Waals surface area contributed by atoms with Gasteiger partial charge in [0, 0.05) is 22.8 Å². The highest BCUT2D eigenvalue weighted by Crippen LogP contribution is 2.30. The zero-order valence-corrected chi connectivity index (χ0v) is 15.3. The summed E-state index contributed by atoms with van der Waals surface area (Å²) in [5.41, 5.74) is 0. The van der Waals surface area contributed by atoms with Crippen LogP contribution in [0.15, 0.2) is 0 Å². The van der Waals surface area contributed by atoms with E-state index in [1.165, 1.54) is 51.4 Å². The molecule has 3 fully saturated rings. The van der Waals surface area contributed by atoms with Gasteiger partial charge in [-0.05, 0) is 64.5 Å². The van der Waals surface area contributed by atoms with Crippen molar-refractivity contribution in [1.82, 2.24) is 10.2 Å². The van der Waals surface area contributed by atoms with Gasteiger partial charge >= 0.3 is 0 Å². The van der Waals surface area contributed by atoms with Crippen LogP contribution in [0.2, 0.25) is 0 Å². The van der Waals surface area contributed by atoms with Crippen molar-refractivity contribution in [2.24, 2.45) is 5.92 Å². The topological polar surface area (TPSA) is 32.3 Å². The second-order valence-electron chi connectivity index (χ2n) is 7.51. The fourth-order valence-corrected chi connectivity index (χ4v) is 5.11. The number of piperidine rings is 2. The largest absolute Gasteiger partial charge is 0.312 e. The summed E-state index contributed by atoms with van der Waals surface area (Å²) < 4.78 is 0. The number of rotatable bonds is 4. The Morgan fingerprint density at radius 2 is 1.77 bits per heavy atom. The molecule has 1 N–H and O–H groups in total. The van der Waals surface area contributed by atoms with Crippen LogP contribution in [0.5, 0.6) is 0 Å². The molecule has 3 nitrogen and oxygen atoms in total. The maximum absolute atomic E-state index is 12.7. The van der Waals surface area contributed by atoms with Crippen LogP contribution in [-0.2, 0) is 4.79 Å². The first-order valence-corrected chi connectivity index (χ1v) is 10.3. The SMILES string of the molecule is O=C(CN1CCCCC1C1CCCCN1)C1CCC(Br)CC1. The number of nitrogens with zero attached hydrogens (tertiary/aromatic N) is 1. The molecule has 4 heteroatoms. The summed E-state index contributed by atoms with van der Waals surface area (Å²) in [6.07, 6.45) is 12.4. The summed E-state index contributed by atoms with van der Waals surface area (Å²) in [7, 11) is 0. The number of Topliss-reactive ketones (excluding diaryl/α,β-unsaturated/α-hetero) is 1. The Hall–Kier alpha value is 0.0700. The molecule has 3 rings (SSSR count). The fourth-order valence-electron chi connectivity index (χ4n) is 4.58. The number of likely N-dealkylation sites (tertiary alicyclic amines) is 1. The summed E-state index contributed by atoms with van der Waals surface area (Å²) in [6.45, 7) is 3.00. The maximum Gasteiger partial charge on any atom is 0.149 e. The van der Waals surface area contributed by atoms with Gasteiger partial charge in [-0.25, -0.2) is 0 Å². The number of halogens is 1. The quantitative estimate of drug-likeness (QED) is 0.768. The molecular weight excluding hydrogens is 340 g/mol. The molecule has 1 saturated carbocycles. The Kier molecular flexibility index (Phi) is 6.34. The van der Waals surface area contributed by atoms with Gasteiger partial charge in [0.25, 0.3) is 0 Å². The first kappa shape index (κ1) is 16.9. The average Bonchev–Trinajstić information content (AvgIpc) is 2.57. The van der Waals surface area contributed by atoms with E-state index in [-0.39, 0.29) is 0 Å². The lowest BCUT2D eigenvalue weighted by Crippen LogP contribution is -2.55. The lowest BCUT2D eigenvalue weighted by molar-refractivity contribution is -0.126. The third-order valence-corrected chi connectivity index (χ3v) is 6.86. The second-order valence-corrected chi connectivity index (χ2v) is 8.80. The predicted octanol–water partition coefficient (Wildman–Crippen LogP) is 3.51. The highest BCUT2D eigenvalue weighted by molar-refractivity contribution is 9.09. The van der Waals surface area contributed by atoms with Crippen molar-refractivity contribution in [1.29, 1.82) is 0 Å². The number of carbonyl (C=O) groups excluding carboxylic acids is 1. The van der Waals surface area contributed by atoms with Gasteiger partial charge < -0.3 is 5.32 Å². The number of nitrogens with one attached hydrogen (secondary N) is 1. The fraction of sp³-hybridized carbons (Fsp3) is 0.944. The Morgan fingerprint density at radius 3 is 2.50 bits per heavy atom. The van der Waals surface area contributed by atoms with Crippen LogP contribution in [0.1, 0.15) is 64.2 Å². The van der Waals surface area contributed by atoms with Crippen molar-refractivity contribution in [3.8, 4) is 0 Å². The Balaban J connectivity index is 1.55. The van der Waals surface area contributed by atoms with E-state index in [1.807, 2.05) is 0 Å². The van der Waals surface area contributed by atoms with Gasteiger partial charge in [-0.15, -0.1) is 0 Å². The molecule has 0 amide bonds. The Bertz CT molecular complexity index is 362. The van der Waals surface area contributed by atoms with Crippen LogP contribution < -0.4 is 5.32 Å². The van der Waals surface area contributed by atoms with E-state index in [0.29, 0.717) is 35.2 Å². The molecule has 2 unspecified atom stereocenters. The number of hydrogen-bond acceptors (Lipinski definition) is 3. The molecule has 3 aliphatic rings. The summed E-state index contributed by atoms with van der Waals surface area (Å²) in [4.78, 5) is 15.9. The molecule has 0 bridgehead atoms. The third kappa shape index (κ3) is 4.33. The van der Waals surface area contributed by atoms with E-state index in [4.69, 9.17) is 0 Å². The number of carbonyl (C=O) groups is 1. The van der Waals surface area contributed by atoms with Crippen LogP contribution in [0, 0.1) is 5.92 Å². The zero-order chi connectivity index (χ0) is 15.4. The standard InChI is InChI=1S/C18H31BrN2O/c19-15-9-7-14(8-10-15)18(22)13-21-12-4-2-6-17(21)16-5-1-3-11-20-16/h14-17,20H,1-13H2. The Morgan fingerprint density at radius 1 is 1.00 bits per heavy atom. The first-order valence-electron chi connectivity index (χ1n) is 9.38. The normalized spacial score (nSPS) is 37.9. The second kappa shape index (κ2) is 8.25. The smallest absolute Gasteiger partial charge is 0.149 e. The molecule has 0 aromatic heterocycles. The van der Waals surface area contributed by atoms with Gasteiger partial charge in [-0.1, -0.05) is 28.8 Å². The van der Waals surface area contributed by atoms with Crippen molar-refractivity contribution in [3.05, 3.63) is 0 Å². The van der Waals surface area contributed by atoms with Gasteiger partial charge in [-0.2, -0.15) is 0 Å². The molecule has 22 heavy (non-hydrogen) atoms. The summed E-state index contributed by atoms with van der Waals surface area (Å²) >= 11 is 3.70. The predicted molar refractivity (Wildman–Crippen MR) is 94.5 cm³/mol. The molecule has 2 atom stereocenters. The van der Waals surface area contributed by atoms with E-state index < -0.39 is 0 Å². The highest BCUT2D eigenvalue weighted by Gasteiger charge is 2.33. The maximum atomic E-state index is 12.7. The minimum absolute atomic E-state index is 0.329. The van der Waals surface area contributed by atoms with Gasteiger partial charge in [0.2, 0.25) is 0 Å². The lowest BCUT2D eigenvalue weighted by Gasteiger charge is -2.42.